The SMILES string of the molecule is CC(C)(C)OC(=O)N1CCC(CC(=O)O)CC1.O=C(O)CC1CCNCC1.O=C(O)Cc1ccncc1. The van der Waals surface area contributed by atoms with Crippen molar-refractivity contribution in [1.82, 2.24) is 15.2 Å². The van der Waals surface area contributed by atoms with Crippen LogP contribution in [0.15, 0.2) is 24.5 Å². The van der Waals surface area contributed by atoms with Gasteiger partial charge in [-0.3, -0.25) is 19.4 Å². The van der Waals surface area contributed by atoms with Gasteiger partial charge < -0.3 is 30.3 Å². The molecule has 2 saturated heterocycles. The Morgan fingerprint density at radius 1 is 0.892 bits per heavy atom. The molecule has 0 spiro atoms. The van der Waals surface area contributed by atoms with Gasteiger partial charge in [0, 0.05) is 38.3 Å². The first-order valence-corrected chi connectivity index (χ1v) is 12.6. The van der Waals surface area contributed by atoms with Crippen LogP contribution in [0.4, 0.5) is 4.79 Å². The first-order valence-electron chi connectivity index (χ1n) is 12.6. The van der Waals surface area contributed by atoms with E-state index in [1.807, 2.05) is 20.8 Å². The summed E-state index contributed by atoms with van der Waals surface area (Å²) in [4.78, 5) is 48.1. The van der Waals surface area contributed by atoms with E-state index in [1.54, 1.807) is 29.4 Å². The molecule has 3 rings (SSSR count). The number of likely N-dealkylation sites (tertiary alicyclic amines) is 1. The Balaban J connectivity index is 0.000000294. The summed E-state index contributed by atoms with van der Waals surface area (Å²) in [6.07, 6.45) is 7.00. The standard InChI is InChI=1S/C12H21NO4.C7H13NO2.C7H7NO2/c1-12(2,3)17-11(16)13-6-4-9(5-7-13)8-10(14)15;2*9-7(10)5-6-1-3-8-4-2-6/h9H,4-8H2,1-3H3,(H,14,15);6,8H,1-5H2,(H,9,10);1-4H,5H2,(H,9,10). The van der Waals surface area contributed by atoms with Crippen LogP contribution < -0.4 is 5.32 Å². The van der Waals surface area contributed by atoms with E-state index >= 15 is 0 Å². The monoisotopic (exact) mass is 523 g/mol. The molecule has 3 heterocycles. The van der Waals surface area contributed by atoms with Crippen molar-refractivity contribution in [2.24, 2.45) is 11.8 Å². The average Bonchev–Trinajstić information content (AvgIpc) is 2.79. The van der Waals surface area contributed by atoms with Crippen molar-refractivity contribution in [2.45, 2.75) is 71.3 Å². The molecular weight excluding hydrogens is 482 g/mol. The lowest BCUT2D eigenvalue weighted by atomic mass is 9.94. The fourth-order valence-electron chi connectivity index (χ4n) is 3.90. The van der Waals surface area contributed by atoms with Gasteiger partial charge in [-0.25, -0.2) is 4.79 Å². The number of nitrogens with zero attached hydrogens (tertiary/aromatic N) is 2. The maximum atomic E-state index is 11.7. The third-order valence-corrected chi connectivity index (χ3v) is 5.76. The molecule has 11 heteroatoms. The van der Waals surface area contributed by atoms with E-state index in [0.29, 0.717) is 25.4 Å². The van der Waals surface area contributed by atoms with Crippen LogP contribution in [0.1, 0.15) is 64.9 Å². The molecular formula is C26H41N3O8. The lowest BCUT2D eigenvalue weighted by molar-refractivity contribution is -0.139. The molecule has 2 fully saturated rings. The van der Waals surface area contributed by atoms with Crippen molar-refractivity contribution in [3.8, 4) is 0 Å². The second kappa shape index (κ2) is 16.5. The molecule has 37 heavy (non-hydrogen) atoms. The molecule has 4 N–H and O–H groups in total. The summed E-state index contributed by atoms with van der Waals surface area (Å²) in [5.41, 5.74) is 0.303. The Morgan fingerprint density at radius 2 is 1.38 bits per heavy atom. The number of aromatic nitrogens is 1. The molecule has 1 aromatic rings. The highest BCUT2D eigenvalue weighted by Crippen LogP contribution is 2.22. The molecule has 2 aliphatic rings. The Labute approximate surface area is 218 Å². The lowest BCUT2D eigenvalue weighted by Gasteiger charge is -2.32. The van der Waals surface area contributed by atoms with Crippen molar-refractivity contribution >= 4 is 24.0 Å². The van der Waals surface area contributed by atoms with Crippen LogP contribution >= 0.6 is 0 Å². The number of carbonyl (C=O) groups excluding carboxylic acids is 1. The van der Waals surface area contributed by atoms with Crippen molar-refractivity contribution in [3.05, 3.63) is 30.1 Å². The lowest BCUT2D eigenvalue weighted by Crippen LogP contribution is -2.42. The fourth-order valence-corrected chi connectivity index (χ4v) is 3.90. The second-order valence-electron chi connectivity index (χ2n) is 10.2. The Morgan fingerprint density at radius 3 is 1.81 bits per heavy atom. The molecule has 0 saturated carbocycles. The number of nitrogens with one attached hydrogen (secondary N) is 1. The molecule has 1 aromatic heterocycles. The number of piperidine rings is 2. The van der Waals surface area contributed by atoms with Crippen molar-refractivity contribution in [3.63, 3.8) is 0 Å². The van der Waals surface area contributed by atoms with Crippen LogP contribution in [0.5, 0.6) is 0 Å². The summed E-state index contributed by atoms with van der Waals surface area (Å²) in [6.45, 7) is 8.65. The summed E-state index contributed by atoms with van der Waals surface area (Å²) < 4.78 is 5.26. The predicted molar refractivity (Wildman–Crippen MR) is 136 cm³/mol. The van der Waals surface area contributed by atoms with Gasteiger partial charge in [-0.15, -0.1) is 0 Å². The Bertz CT molecular complexity index is 843. The minimum absolute atomic E-state index is 0.0719. The fraction of sp³-hybridized carbons (Fsp3) is 0.654. The quantitative estimate of drug-likeness (QED) is 0.434. The van der Waals surface area contributed by atoms with Crippen LogP contribution in [0.25, 0.3) is 0 Å². The third-order valence-electron chi connectivity index (χ3n) is 5.76. The van der Waals surface area contributed by atoms with Crippen LogP contribution in [0.2, 0.25) is 0 Å². The van der Waals surface area contributed by atoms with Crippen LogP contribution in [-0.4, -0.2) is 81.0 Å². The number of carboxylic acid groups (broad SMARTS) is 3. The maximum Gasteiger partial charge on any atom is 0.410 e. The summed E-state index contributed by atoms with van der Waals surface area (Å²) in [7, 11) is 0. The Kier molecular flexibility index (Phi) is 14.2. The molecule has 11 nitrogen and oxygen atoms in total. The van der Waals surface area contributed by atoms with Gasteiger partial charge in [0.15, 0.2) is 0 Å². The first-order chi connectivity index (χ1) is 17.4. The van der Waals surface area contributed by atoms with Gasteiger partial charge in [0.05, 0.1) is 6.42 Å². The third kappa shape index (κ3) is 16.2. The summed E-state index contributed by atoms with van der Waals surface area (Å²) >= 11 is 0. The van der Waals surface area contributed by atoms with Gasteiger partial charge in [0.2, 0.25) is 0 Å². The number of amides is 1. The highest BCUT2D eigenvalue weighted by atomic mass is 16.6. The van der Waals surface area contributed by atoms with Crippen LogP contribution in [0.3, 0.4) is 0 Å². The minimum atomic E-state index is -0.814. The van der Waals surface area contributed by atoms with E-state index in [-0.39, 0.29) is 24.9 Å². The summed E-state index contributed by atoms with van der Waals surface area (Å²) in [5, 5.41) is 28.7. The molecule has 2 aliphatic heterocycles. The maximum absolute atomic E-state index is 11.7. The van der Waals surface area contributed by atoms with E-state index in [0.717, 1.165) is 44.3 Å². The predicted octanol–water partition coefficient (Wildman–Crippen LogP) is 3.28. The molecule has 0 aliphatic carbocycles. The van der Waals surface area contributed by atoms with Crippen molar-refractivity contribution in [1.29, 1.82) is 0 Å². The smallest absolute Gasteiger partial charge is 0.410 e. The summed E-state index contributed by atoms with van der Waals surface area (Å²) in [6, 6.07) is 3.38. The number of carbonyl (C=O) groups is 4. The van der Waals surface area contributed by atoms with E-state index in [9.17, 15) is 19.2 Å². The number of hydrogen-bond acceptors (Lipinski definition) is 7. The zero-order valence-corrected chi connectivity index (χ0v) is 22.0. The number of pyridine rings is 1. The van der Waals surface area contributed by atoms with Crippen LogP contribution in [-0.2, 0) is 25.5 Å². The van der Waals surface area contributed by atoms with E-state index in [1.165, 1.54) is 0 Å². The molecule has 0 unspecified atom stereocenters. The van der Waals surface area contributed by atoms with Crippen LogP contribution in [0, 0.1) is 11.8 Å². The van der Waals surface area contributed by atoms with Gasteiger partial charge in [-0.1, -0.05) is 0 Å². The number of hydrogen-bond donors (Lipinski definition) is 4. The van der Waals surface area contributed by atoms with Gasteiger partial charge in [-0.2, -0.15) is 0 Å². The van der Waals surface area contributed by atoms with Gasteiger partial charge in [0.1, 0.15) is 5.60 Å². The minimum Gasteiger partial charge on any atom is -0.481 e. The van der Waals surface area contributed by atoms with E-state index in [2.05, 4.69) is 10.3 Å². The second-order valence-corrected chi connectivity index (χ2v) is 10.2. The molecule has 0 aromatic carbocycles. The summed E-state index contributed by atoms with van der Waals surface area (Å²) in [5.74, 6) is -1.64. The topological polar surface area (TPSA) is 166 Å². The van der Waals surface area contributed by atoms with Gasteiger partial charge in [-0.05, 0) is 89.1 Å². The highest BCUT2D eigenvalue weighted by molar-refractivity contribution is 5.70. The number of rotatable bonds is 6. The van der Waals surface area contributed by atoms with E-state index < -0.39 is 23.5 Å². The molecule has 208 valence electrons. The first kappa shape index (κ1) is 31.8. The number of carboxylic acids is 3. The molecule has 1 amide bonds. The highest BCUT2D eigenvalue weighted by Gasteiger charge is 2.27. The van der Waals surface area contributed by atoms with Gasteiger partial charge in [0.25, 0.3) is 0 Å². The average molecular weight is 524 g/mol. The van der Waals surface area contributed by atoms with E-state index in [4.69, 9.17) is 20.1 Å². The largest absolute Gasteiger partial charge is 0.481 e. The molecule has 0 atom stereocenters. The molecule has 0 radical (unpaired) electrons. The van der Waals surface area contributed by atoms with Crippen molar-refractivity contribution < 1.29 is 39.2 Å². The van der Waals surface area contributed by atoms with Crippen molar-refractivity contribution in [2.75, 3.05) is 26.2 Å². The van der Waals surface area contributed by atoms with Gasteiger partial charge >= 0.3 is 24.0 Å². The Hall–Kier alpha value is -3.21. The zero-order chi connectivity index (χ0) is 27.8. The zero-order valence-electron chi connectivity index (χ0n) is 22.0. The number of ether oxygens (including phenoxy) is 1. The molecule has 0 bridgehead atoms. The number of aliphatic carboxylic acids is 3. The normalized spacial score (nSPS) is 16.4.